The van der Waals surface area contributed by atoms with Gasteiger partial charge in [-0.2, -0.15) is 5.10 Å². The Hall–Kier alpha value is -0.620. The van der Waals surface area contributed by atoms with E-state index in [1.54, 1.807) is 0 Å². The van der Waals surface area contributed by atoms with Crippen molar-refractivity contribution in [2.45, 2.75) is 52.6 Å². The molecule has 2 heterocycles. The molecule has 0 aliphatic carbocycles. The van der Waals surface area contributed by atoms with Crippen LogP contribution >= 0.6 is 11.6 Å². The van der Waals surface area contributed by atoms with Gasteiger partial charge in [0, 0.05) is 19.6 Å². The molecule has 1 aliphatic heterocycles. The molecule has 114 valence electrons. The SMILES string of the molecule is CCn1nc(C)c(Cl)c1COCC1CNCC(C)(C)O1. The van der Waals surface area contributed by atoms with Crippen molar-refractivity contribution >= 4 is 11.6 Å². The number of aryl methyl sites for hydroxylation is 2. The zero-order chi connectivity index (χ0) is 14.8. The van der Waals surface area contributed by atoms with Crippen molar-refractivity contribution in [1.82, 2.24) is 15.1 Å². The molecule has 0 aromatic carbocycles. The second kappa shape index (κ2) is 6.43. The topological polar surface area (TPSA) is 48.3 Å². The van der Waals surface area contributed by atoms with E-state index in [0.717, 1.165) is 31.0 Å². The molecule has 2 rings (SSSR count). The van der Waals surface area contributed by atoms with Crippen molar-refractivity contribution in [3.05, 3.63) is 16.4 Å². The Labute approximate surface area is 125 Å². The van der Waals surface area contributed by atoms with Crippen molar-refractivity contribution in [2.24, 2.45) is 0 Å². The van der Waals surface area contributed by atoms with Gasteiger partial charge in [-0.15, -0.1) is 0 Å². The van der Waals surface area contributed by atoms with Crippen LogP contribution in [0.25, 0.3) is 0 Å². The summed E-state index contributed by atoms with van der Waals surface area (Å²) >= 11 is 6.25. The number of morpholine rings is 1. The fourth-order valence-corrected chi connectivity index (χ4v) is 2.65. The first kappa shape index (κ1) is 15.8. The Bertz CT molecular complexity index is 460. The zero-order valence-corrected chi connectivity index (χ0v) is 13.5. The lowest BCUT2D eigenvalue weighted by molar-refractivity contribution is -0.122. The van der Waals surface area contributed by atoms with Crippen LogP contribution in [-0.2, 0) is 22.6 Å². The molecule has 1 aromatic rings. The van der Waals surface area contributed by atoms with Gasteiger partial charge >= 0.3 is 0 Å². The average Bonchev–Trinajstić information content (AvgIpc) is 2.65. The Kier molecular flexibility index (Phi) is 5.07. The van der Waals surface area contributed by atoms with E-state index in [1.165, 1.54) is 0 Å². The normalized spacial score (nSPS) is 22.1. The van der Waals surface area contributed by atoms with Crippen LogP contribution in [0.1, 0.15) is 32.2 Å². The summed E-state index contributed by atoms with van der Waals surface area (Å²) in [5, 5.41) is 8.45. The first-order valence-electron chi connectivity index (χ1n) is 7.11. The van der Waals surface area contributed by atoms with Crippen LogP contribution in [0.15, 0.2) is 0 Å². The van der Waals surface area contributed by atoms with Crippen molar-refractivity contribution in [2.75, 3.05) is 19.7 Å². The summed E-state index contributed by atoms with van der Waals surface area (Å²) in [5.41, 5.74) is 1.66. The van der Waals surface area contributed by atoms with Crippen LogP contribution in [0.5, 0.6) is 0 Å². The monoisotopic (exact) mass is 301 g/mol. The van der Waals surface area contributed by atoms with E-state index in [1.807, 2.05) is 18.5 Å². The number of rotatable bonds is 5. The molecule has 1 N–H and O–H groups in total. The largest absolute Gasteiger partial charge is 0.372 e. The van der Waals surface area contributed by atoms with Crippen LogP contribution in [0.4, 0.5) is 0 Å². The van der Waals surface area contributed by atoms with Gasteiger partial charge < -0.3 is 14.8 Å². The maximum atomic E-state index is 6.25. The van der Waals surface area contributed by atoms with Gasteiger partial charge in [0.25, 0.3) is 0 Å². The molecule has 1 aliphatic rings. The lowest BCUT2D eigenvalue weighted by Gasteiger charge is -2.36. The third-order valence-corrected chi connectivity index (χ3v) is 3.90. The molecular weight excluding hydrogens is 278 g/mol. The summed E-state index contributed by atoms with van der Waals surface area (Å²) in [7, 11) is 0. The Morgan fingerprint density at radius 3 is 2.95 bits per heavy atom. The van der Waals surface area contributed by atoms with Crippen LogP contribution in [0.3, 0.4) is 0 Å². The first-order chi connectivity index (χ1) is 9.43. The summed E-state index contributed by atoms with van der Waals surface area (Å²) in [5.74, 6) is 0. The van der Waals surface area contributed by atoms with Gasteiger partial charge in [-0.3, -0.25) is 4.68 Å². The van der Waals surface area contributed by atoms with Crippen molar-refractivity contribution in [1.29, 1.82) is 0 Å². The molecular formula is C14H24ClN3O2. The lowest BCUT2D eigenvalue weighted by Crippen LogP contribution is -2.51. The molecule has 1 aromatic heterocycles. The van der Waals surface area contributed by atoms with E-state index in [2.05, 4.69) is 24.3 Å². The number of nitrogens with one attached hydrogen (secondary N) is 1. The number of ether oxygens (including phenoxy) is 2. The van der Waals surface area contributed by atoms with E-state index in [9.17, 15) is 0 Å². The van der Waals surface area contributed by atoms with Crippen LogP contribution in [-0.4, -0.2) is 41.2 Å². The lowest BCUT2D eigenvalue weighted by atomic mass is 10.1. The molecule has 0 amide bonds. The van der Waals surface area contributed by atoms with E-state index in [4.69, 9.17) is 21.1 Å². The molecule has 0 radical (unpaired) electrons. The molecule has 1 atom stereocenters. The molecule has 0 saturated carbocycles. The summed E-state index contributed by atoms with van der Waals surface area (Å²) < 4.78 is 13.6. The van der Waals surface area contributed by atoms with E-state index >= 15 is 0 Å². The van der Waals surface area contributed by atoms with E-state index in [-0.39, 0.29) is 11.7 Å². The minimum atomic E-state index is -0.133. The Morgan fingerprint density at radius 2 is 2.30 bits per heavy atom. The van der Waals surface area contributed by atoms with Crippen molar-refractivity contribution in [3.63, 3.8) is 0 Å². The molecule has 1 fully saturated rings. The third kappa shape index (κ3) is 3.73. The van der Waals surface area contributed by atoms with E-state index < -0.39 is 0 Å². The van der Waals surface area contributed by atoms with Gasteiger partial charge in [0.2, 0.25) is 0 Å². The maximum Gasteiger partial charge on any atom is 0.0940 e. The maximum absolute atomic E-state index is 6.25. The molecule has 5 nitrogen and oxygen atoms in total. The van der Waals surface area contributed by atoms with Gasteiger partial charge in [-0.05, 0) is 27.7 Å². The quantitative estimate of drug-likeness (QED) is 0.905. The molecule has 0 spiro atoms. The zero-order valence-electron chi connectivity index (χ0n) is 12.7. The van der Waals surface area contributed by atoms with Gasteiger partial charge in [0.05, 0.1) is 41.3 Å². The Balaban J connectivity index is 1.87. The average molecular weight is 302 g/mol. The molecule has 0 bridgehead atoms. The van der Waals surface area contributed by atoms with Crippen LogP contribution < -0.4 is 5.32 Å². The summed E-state index contributed by atoms with van der Waals surface area (Å²) in [6.07, 6.45) is 0.0802. The molecule has 6 heteroatoms. The fraction of sp³-hybridized carbons (Fsp3) is 0.786. The second-order valence-electron chi connectivity index (χ2n) is 5.81. The Morgan fingerprint density at radius 1 is 1.55 bits per heavy atom. The highest BCUT2D eigenvalue weighted by Gasteiger charge is 2.28. The number of halogens is 1. The number of nitrogens with zero attached hydrogens (tertiary/aromatic N) is 2. The highest BCUT2D eigenvalue weighted by atomic mass is 35.5. The van der Waals surface area contributed by atoms with Gasteiger partial charge in [-0.25, -0.2) is 0 Å². The van der Waals surface area contributed by atoms with Gasteiger partial charge in [0.15, 0.2) is 0 Å². The summed E-state index contributed by atoms with van der Waals surface area (Å²) in [6.45, 7) is 11.6. The molecule has 1 unspecified atom stereocenters. The minimum absolute atomic E-state index is 0.0802. The fourth-order valence-electron chi connectivity index (χ4n) is 2.46. The smallest absolute Gasteiger partial charge is 0.0940 e. The number of hydrogen-bond donors (Lipinski definition) is 1. The summed E-state index contributed by atoms with van der Waals surface area (Å²) in [4.78, 5) is 0. The van der Waals surface area contributed by atoms with Crippen molar-refractivity contribution in [3.8, 4) is 0 Å². The van der Waals surface area contributed by atoms with Crippen molar-refractivity contribution < 1.29 is 9.47 Å². The van der Waals surface area contributed by atoms with Crippen LogP contribution in [0.2, 0.25) is 5.02 Å². The minimum Gasteiger partial charge on any atom is -0.372 e. The predicted octanol–water partition coefficient (Wildman–Crippen LogP) is 2.15. The molecule has 1 saturated heterocycles. The highest BCUT2D eigenvalue weighted by Crippen LogP contribution is 2.21. The highest BCUT2D eigenvalue weighted by molar-refractivity contribution is 6.31. The molecule has 20 heavy (non-hydrogen) atoms. The summed E-state index contributed by atoms with van der Waals surface area (Å²) in [6, 6.07) is 0. The predicted molar refractivity (Wildman–Crippen MR) is 79.1 cm³/mol. The van der Waals surface area contributed by atoms with Gasteiger partial charge in [-0.1, -0.05) is 11.6 Å². The number of hydrogen-bond acceptors (Lipinski definition) is 4. The first-order valence-corrected chi connectivity index (χ1v) is 7.49. The number of aromatic nitrogens is 2. The van der Waals surface area contributed by atoms with Gasteiger partial charge in [0.1, 0.15) is 0 Å². The second-order valence-corrected chi connectivity index (χ2v) is 6.19. The van der Waals surface area contributed by atoms with Crippen LogP contribution in [0, 0.1) is 6.92 Å². The standard InChI is InChI=1S/C14H24ClN3O2/c1-5-18-12(13(15)10(2)17-18)8-19-7-11-6-16-9-14(3,4)20-11/h11,16H,5-9H2,1-4H3. The van der Waals surface area contributed by atoms with E-state index in [0.29, 0.717) is 18.2 Å². The third-order valence-electron chi connectivity index (χ3n) is 3.40.